The Kier molecular flexibility index (Phi) is 5.32. The van der Waals surface area contributed by atoms with Gasteiger partial charge in [0.25, 0.3) is 0 Å². The van der Waals surface area contributed by atoms with E-state index in [2.05, 4.69) is 10.9 Å². The van der Waals surface area contributed by atoms with E-state index in [1.165, 1.54) is 7.11 Å². The number of ether oxygens (including phenoxy) is 1. The third-order valence-electron chi connectivity index (χ3n) is 2.85. The SMILES string of the molecule is COC(=O)[C@H](Cc1c(C)cccc1C)NNC=O. The highest BCUT2D eigenvalue weighted by molar-refractivity contribution is 5.76. The second-order valence-corrected chi connectivity index (χ2v) is 4.06. The van der Waals surface area contributed by atoms with Crippen molar-refractivity contribution >= 4 is 12.4 Å². The Balaban J connectivity index is 2.88. The molecule has 0 saturated heterocycles. The number of esters is 1. The fourth-order valence-electron chi connectivity index (χ4n) is 1.85. The number of rotatable bonds is 6. The molecule has 98 valence electrons. The molecule has 0 spiro atoms. The molecule has 1 aromatic rings. The van der Waals surface area contributed by atoms with Crippen LogP contribution in [0, 0.1) is 13.8 Å². The number of methoxy groups -OCH3 is 1. The Hall–Kier alpha value is -1.88. The van der Waals surface area contributed by atoms with E-state index in [-0.39, 0.29) is 0 Å². The first kappa shape index (κ1) is 14.2. The van der Waals surface area contributed by atoms with Crippen LogP contribution in [0.1, 0.15) is 16.7 Å². The lowest BCUT2D eigenvalue weighted by Crippen LogP contribution is -2.46. The van der Waals surface area contributed by atoms with Crippen LogP contribution in [0.2, 0.25) is 0 Å². The van der Waals surface area contributed by atoms with Gasteiger partial charge in [-0.05, 0) is 30.5 Å². The van der Waals surface area contributed by atoms with E-state index in [0.717, 1.165) is 16.7 Å². The van der Waals surface area contributed by atoms with E-state index in [0.29, 0.717) is 12.8 Å². The molecule has 0 bridgehead atoms. The van der Waals surface area contributed by atoms with Gasteiger partial charge < -0.3 is 4.74 Å². The number of hydrogen-bond donors (Lipinski definition) is 2. The summed E-state index contributed by atoms with van der Waals surface area (Å²) in [5, 5.41) is 0. The molecule has 1 atom stereocenters. The Morgan fingerprint density at radius 3 is 2.50 bits per heavy atom. The number of hydrogen-bond acceptors (Lipinski definition) is 4. The number of aryl methyl sites for hydroxylation is 2. The Bertz CT molecular complexity index is 412. The summed E-state index contributed by atoms with van der Waals surface area (Å²) in [6.07, 6.45) is 0.951. The molecule has 0 aliphatic carbocycles. The van der Waals surface area contributed by atoms with E-state index >= 15 is 0 Å². The third-order valence-corrected chi connectivity index (χ3v) is 2.85. The first-order valence-electron chi connectivity index (χ1n) is 5.67. The zero-order chi connectivity index (χ0) is 13.5. The molecule has 0 aliphatic heterocycles. The van der Waals surface area contributed by atoms with Gasteiger partial charge in [0.1, 0.15) is 6.04 Å². The van der Waals surface area contributed by atoms with Crippen LogP contribution in [0.15, 0.2) is 18.2 Å². The van der Waals surface area contributed by atoms with Gasteiger partial charge in [-0.15, -0.1) is 0 Å². The molecule has 5 nitrogen and oxygen atoms in total. The molecule has 0 radical (unpaired) electrons. The van der Waals surface area contributed by atoms with Crippen LogP contribution in [-0.2, 0) is 20.7 Å². The van der Waals surface area contributed by atoms with Crippen molar-refractivity contribution < 1.29 is 14.3 Å². The maximum atomic E-state index is 11.6. The van der Waals surface area contributed by atoms with Crippen molar-refractivity contribution in [2.24, 2.45) is 0 Å². The number of nitrogens with one attached hydrogen (secondary N) is 2. The predicted octanol–water partition coefficient (Wildman–Crippen LogP) is 0.638. The normalized spacial score (nSPS) is 11.7. The minimum atomic E-state index is -0.597. The zero-order valence-electron chi connectivity index (χ0n) is 10.8. The smallest absolute Gasteiger partial charge is 0.325 e. The number of amides is 1. The van der Waals surface area contributed by atoms with Crippen LogP contribution >= 0.6 is 0 Å². The van der Waals surface area contributed by atoms with Crippen molar-refractivity contribution in [2.45, 2.75) is 26.3 Å². The fourth-order valence-corrected chi connectivity index (χ4v) is 1.85. The molecule has 1 amide bonds. The van der Waals surface area contributed by atoms with Crippen LogP contribution in [0.25, 0.3) is 0 Å². The minimum absolute atomic E-state index is 0.410. The van der Waals surface area contributed by atoms with Crippen LogP contribution in [0.5, 0.6) is 0 Å². The Morgan fingerprint density at radius 2 is 2.00 bits per heavy atom. The van der Waals surface area contributed by atoms with Crippen LogP contribution < -0.4 is 10.9 Å². The average molecular weight is 250 g/mol. The Labute approximate surface area is 106 Å². The summed E-state index contributed by atoms with van der Waals surface area (Å²) in [5.74, 6) is -0.410. The zero-order valence-corrected chi connectivity index (χ0v) is 10.8. The summed E-state index contributed by atoms with van der Waals surface area (Å²) in [5.41, 5.74) is 8.22. The fraction of sp³-hybridized carbons (Fsp3) is 0.385. The molecular weight excluding hydrogens is 232 g/mol. The van der Waals surface area contributed by atoms with Gasteiger partial charge in [-0.25, -0.2) is 5.43 Å². The van der Waals surface area contributed by atoms with Crippen molar-refractivity contribution in [3.63, 3.8) is 0 Å². The molecule has 0 unspecified atom stereocenters. The van der Waals surface area contributed by atoms with E-state index in [4.69, 9.17) is 4.74 Å². The van der Waals surface area contributed by atoms with Gasteiger partial charge in [0.05, 0.1) is 7.11 Å². The van der Waals surface area contributed by atoms with Crippen molar-refractivity contribution in [2.75, 3.05) is 7.11 Å². The van der Waals surface area contributed by atoms with Crippen molar-refractivity contribution in [3.05, 3.63) is 34.9 Å². The monoisotopic (exact) mass is 250 g/mol. The summed E-state index contributed by atoms with van der Waals surface area (Å²) in [7, 11) is 1.32. The standard InChI is InChI=1S/C13H18N2O3/c1-9-5-4-6-10(2)11(9)7-12(13(17)18-3)15-14-8-16/h4-6,8,12,15H,7H2,1-3H3,(H,14,16)/t12-/m0/s1. The van der Waals surface area contributed by atoms with Crippen molar-refractivity contribution in [1.82, 2.24) is 10.9 Å². The number of hydrazine groups is 1. The van der Waals surface area contributed by atoms with Gasteiger partial charge >= 0.3 is 5.97 Å². The highest BCUT2D eigenvalue weighted by Crippen LogP contribution is 2.15. The molecule has 0 aromatic heterocycles. The average Bonchev–Trinajstić information content (AvgIpc) is 2.36. The van der Waals surface area contributed by atoms with E-state index < -0.39 is 12.0 Å². The molecule has 1 rings (SSSR count). The van der Waals surface area contributed by atoms with Gasteiger partial charge in [0.15, 0.2) is 0 Å². The molecule has 0 aliphatic rings. The predicted molar refractivity (Wildman–Crippen MR) is 67.8 cm³/mol. The second-order valence-electron chi connectivity index (χ2n) is 4.06. The third kappa shape index (κ3) is 3.56. The summed E-state index contributed by atoms with van der Waals surface area (Å²) >= 11 is 0. The van der Waals surface area contributed by atoms with E-state index in [9.17, 15) is 9.59 Å². The highest BCUT2D eigenvalue weighted by Gasteiger charge is 2.20. The van der Waals surface area contributed by atoms with Gasteiger partial charge in [0, 0.05) is 6.42 Å². The molecule has 1 aromatic carbocycles. The number of carbonyl (C=O) groups excluding carboxylic acids is 2. The molecule has 18 heavy (non-hydrogen) atoms. The van der Waals surface area contributed by atoms with Crippen LogP contribution in [0.3, 0.4) is 0 Å². The minimum Gasteiger partial charge on any atom is -0.468 e. The molecule has 0 heterocycles. The molecule has 0 saturated carbocycles. The first-order chi connectivity index (χ1) is 8.60. The topological polar surface area (TPSA) is 67.4 Å². The maximum Gasteiger partial charge on any atom is 0.325 e. The summed E-state index contributed by atoms with van der Waals surface area (Å²) in [4.78, 5) is 21.9. The number of carbonyl (C=O) groups is 2. The Morgan fingerprint density at radius 1 is 1.39 bits per heavy atom. The van der Waals surface area contributed by atoms with Crippen LogP contribution in [-0.4, -0.2) is 25.5 Å². The quantitative estimate of drug-likeness (QED) is 0.441. The van der Waals surface area contributed by atoms with Crippen molar-refractivity contribution in [1.29, 1.82) is 0 Å². The molecule has 2 N–H and O–H groups in total. The van der Waals surface area contributed by atoms with Crippen LogP contribution in [0.4, 0.5) is 0 Å². The van der Waals surface area contributed by atoms with Crippen molar-refractivity contribution in [3.8, 4) is 0 Å². The molecule has 5 heteroatoms. The molecule has 0 fully saturated rings. The van der Waals surface area contributed by atoms with Gasteiger partial charge in [0.2, 0.25) is 6.41 Å². The second kappa shape index (κ2) is 6.76. The summed E-state index contributed by atoms with van der Waals surface area (Å²) in [6.45, 7) is 3.98. The lowest BCUT2D eigenvalue weighted by atomic mass is 9.97. The summed E-state index contributed by atoms with van der Waals surface area (Å²) < 4.78 is 4.70. The maximum absolute atomic E-state index is 11.6. The summed E-state index contributed by atoms with van der Waals surface area (Å²) in [6, 6.07) is 5.35. The molecular formula is C13H18N2O3. The lowest BCUT2D eigenvalue weighted by Gasteiger charge is -2.18. The first-order valence-corrected chi connectivity index (χ1v) is 5.67. The van der Waals surface area contributed by atoms with E-state index in [1.54, 1.807) is 0 Å². The number of benzene rings is 1. The van der Waals surface area contributed by atoms with Gasteiger partial charge in [-0.1, -0.05) is 18.2 Å². The van der Waals surface area contributed by atoms with E-state index in [1.807, 2.05) is 32.0 Å². The van der Waals surface area contributed by atoms with Gasteiger partial charge in [-0.2, -0.15) is 0 Å². The van der Waals surface area contributed by atoms with Gasteiger partial charge in [-0.3, -0.25) is 15.0 Å². The largest absolute Gasteiger partial charge is 0.468 e. The lowest BCUT2D eigenvalue weighted by molar-refractivity contribution is -0.143. The highest BCUT2D eigenvalue weighted by atomic mass is 16.5.